The lowest BCUT2D eigenvalue weighted by atomic mass is 10.0. The van der Waals surface area contributed by atoms with Crippen LogP contribution in [-0.2, 0) is 0 Å². The van der Waals surface area contributed by atoms with Crippen molar-refractivity contribution < 1.29 is 9.53 Å². The summed E-state index contributed by atoms with van der Waals surface area (Å²) in [6.07, 6.45) is 3.49. The summed E-state index contributed by atoms with van der Waals surface area (Å²) < 4.78 is 5.51. The van der Waals surface area contributed by atoms with Crippen LogP contribution in [0.3, 0.4) is 0 Å². The lowest BCUT2D eigenvalue weighted by molar-refractivity contribution is 0.0916. The van der Waals surface area contributed by atoms with Gasteiger partial charge >= 0.3 is 0 Å². The zero-order valence-electron chi connectivity index (χ0n) is 18.3. The molecular formula is C22H26N8O2. The van der Waals surface area contributed by atoms with E-state index in [4.69, 9.17) is 4.74 Å². The molecule has 0 saturated carbocycles. The Balaban J connectivity index is 1.54. The highest BCUT2D eigenvalue weighted by molar-refractivity contribution is 5.96. The van der Waals surface area contributed by atoms with Crippen molar-refractivity contribution in [2.24, 2.45) is 0 Å². The van der Waals surface area contributed by atoms with E-state index in [1.54, 1.807) is 38.6 Å². The Labute approximate surface area is 186 Å². The van der Waals surface area contributed by atoms with E-state index in [2.05, 4.69) is 48.9 Å². The van der Waals surface area contributed by atoms with Crippen LogP contribution in [0.15, 0.2) is 24.4 Å². The minimum Gasteiger partial charge on any atom is -0.495 e. The number of hydrogen-bond donors (Lipinski definition) is 4. The molecule has 3 aromatic rings. The molecule has 1 amide bonds. The number of piperidine rings is 1. The molecule has 1 aliphatic rings. The molecule has 0 aliphatic carbocycles. The fraction of sp³-hybridized carbons (Fsp3) is 0.364. The van der Waals surface area contributed by atoms with E-state index in [1.165, 1.54) is 0 Å². The maximum atomic E-state index is 12.7. The molecular weight excluding hydrogens is 408 g/mol. The molecule has 1 aromatic carbocycles. The number of H-pyrrole nitrogens is 1. The van der Waals surface area contributed by atoms with E-state index in [0.717, 1.165) is 25.9 Å². The first-order valence-corrected chi connectivity index (χ1v) is 10.4. The number of aromatic nitrogens is 3. The van der Waals surface area contributed by atoms with Crippen LogP contribution < -0.4 is 20.7 Å². The molecule has 0 bridgehead atoms. The maximum Gasteiger partial charge on any atom is 0.251 e. The molecule has 10 heteroatoms. The number of methoxy groups -OCH3 is 1. The van der Waals surface area contributed by atoms with Crippen LogP contribution in [0.4, 0.5) is 17.5 Å². The third kappa shape index (κ3) is 4.29. The van der Waals surface area contributed by atoms with Crippen molar-refractivity contribution in [1.82, 2.24) is 25.2 Å². The van der Waals surface area contributed by atoms with E-state index < -0.39 is 0 Å². The summed E-state index contributed by atoms with van der Waals surface area (Å²) in [5.74, 6) is 1.24. The molecule has 4 N–H and O–H groups in total. The maximum absolute atomic E-state index is 12.7. The molecule has 10 nitrogen and oxygen atoms in total. The molecule has 1 fully saturated rings. The van der Waals surface area contributed by atoms with Crippen molar-refractivity contribution in [3.63, 3.8) is 0 Å². The van der Waals surface area contributed by atoms with Gasteiger partial charge in [0.05, 0.1) is 23.7 Å². The van der Waals surface area contributed by atoms with Gasteiger partial charge in [0, 0.05) is 24.8 Å². The van der Waals surface area contributed by atoms with Crippen molar-refractivity contribution in [2.75, 3.05) is 44.9 Å². The number of benzene rings is 1. The van der Waals surface area contributed by atoms with Gasteiger partial charge in [0.15, 0.2) is 0 Å². The largest absolute Gasteiger partial charge is 0.495 e. The van der Waals surface area contributed by atoms with Gasteiger partial charge in [-0.15, -0.1) is 0 Å². The van der Waals surface area contributed by atoms with Crippen molar-refractivity contribution in [1.29, 1.82) is 5.26 Å². The Morgan fingerprint density at radius 3 is 2.78 bits per heavy atom. The summed E-state index contributed by atoms with van der Waals surface area (Å²) in [6, 6.07) is 7.52. The zero-order valence-corrected chi connectivity index (χ0v) is 18.3. The van der Waals surface area contributed by atoms with Crippen molar-refractivity contribution in [2.45, 2.75) is 18.9 Å². The molecule has 3 heterocycles. The molecule has 1 aliphatic heterocycles. The molecule has 1 saturated heterocycles. The van der Waals surface area contributed by atoms with E-state index in [-0.39, 0.29) is 11.9 Å². The summed E-state index contributed by atoms with van der Waals surface area (Å²) in [7, 11) is 5.37. The highest BCUT2D eigenvalue weighted by Gasteiger charge is 2.20. The molecule has 2 aromatic heterocycles. The summed E-state index contributed by atoms with van der Waals surface area (Å²) in [6.45, 7) is 1.96. The van der Waals surface area contributed by atoms with Gasteiger partial charge in [0.1, 0.15) is 23.3 Å². The highest BCUT2D eigenvalue weighted by atomic mass is 16.5. The molecule has 166 valence electrons. The smallest absolute Gasteiger partial charge is 0.251 e. The van der Waals surface area contributed by atoms with Gasteiger partial charge in [0.25, 0.3) is 5.91 Å². The van der Waals surface area contributed by atoms with Crippen LogP contribution in [0, 0.1) is 11.3 Å². The number of nitrogens with zero attached hydrogens (tertiary/aromatic N) is 4. The van der Waals surface area contributed by atoms with E-state index >= 15 is 0 Å². The Kier molecular flexibility index (Phi) is 6.09. The molecule has 0 unspecified atom stereocenters. The molecule has 0 radical (unpaired) electrons. The quantitative estimate of drug-likeness (QED) is 0.465. The number of rotatable bonds is 6. The van der Waals surface area contributed by atoms with Crippen molar-refractivity contribution >= 4 is 34.4 Å². The van der Waals surface area contributed by atoms with Crippen molar-refractivity contribution in [3.05, 3.63) is 35.5 Å². The van der Waals surface area contributed by atoms with Gasteiger partial charge in [-0.3, -0.25) is 4.79 Å². The van der Waals surface area contributed by atoms with Gasteiger partial charge in [-0.25, -0.2) is 0 Å². The van der Waals surface area contributed by atoms with E-state index in [1.807, 2.05) is 0 Å². The van der Waals surface area contributed by atoms with Crippen LogP contribution in [0.2, 0.25) is 0 Å². The average Bonchev–Trinajstić information content (AvgIpc) is 3.23. The molecule has 0 atom stereocenters. The van der Waals surface area contributed by atoms with Crippen molar-refractivity contribution in [3.8, 4) is 11.8 Å². The van der Waals surface area contributed by atoms with Gasteiger partial charge in [-0.2, -0.15) is 15.2 Å². The van der Waals surface area contributed by atoms with Crippen LogP contribution in [-0.4, -0.2) is 66.1 Å². The minimum absolute atomic E-state index is 0.116. The second-order valence-electron chi connectivity index (χ2n) is 7.77. The summed E-state index contributed by atoms with van der Waals surface area (Å²) in [4.78, 5) is 26.9. The first-order valence-electron chi connectivity index (χ1n) is 10.4. The van der Waals surface area contributed by atoms with Gasteiger partial charge in [-0.05, 0) is 51.2 Å². The summed E-state index contributed by atoms with van der Waals surface area (Å²) in [5, 5.41) is 19.2. The van der Waals surface area contributed by atoms with Crippen LogP contribution in [0.5, 0.6) is 5.75 Å². The molecule has 0 spiro atoms. The fourth-order valence-corrected chi connectivity index (χ4v) is 3.84. The fourth-order valence-electron chi connectivity index (χ4n) is 3.84. The predicted octanol–water partition coefficient (Wildman–Crippen LogP) is 2.45. The summed E-state index contributed by atoms with van der Waals surface area (Å²) >= 11 is 0. The number of anilines is 3. The number of amides is 1. The van der Waals surface area contributed by atoms with Crippen LogP contribution >= 0.6 is 0 Å². The predicted molar refractivity (Wildman–Crippen MR) is 122 cm³/mol. The SMILES string of the molecule is CNc1nc(Nc2ccc(C(=O)NC3CCN(C)CC3)cc2OC)nc2[nH]cc(C#N)c12. The zero-order chi connectivity index (χ0) is 22.7. The number of likely N-dealkylation sites (tertiary alicyclic amines) is 1. The topological polar surface area (TPSA) is 131 Å². The molecule has 32 heavy (non-hydrogen) atoms. The number of nitriles is 1. The molecule has 4 rings (SSSR count). The van der Waals surface area contributed by atoms with Gasteiger partial charge in [0.2, 0.25) is 5.95 Å². The first-order chi connectivity index (χ1) is 15.5. The Morgan fingerprint density at radius 2 is 2.09 bits per heavy atom. The standard InChI is InChI=1S/C22H26N8O2/c1-24-19-18-14(11-23)12-25-20(18)29-22(28-19)27-16-5-4-13(10-17(16)32-3)21(31)26-15-6-8-30(2)9-7-15/h4-5,10,12,15H,6-9H2,1-3H3,(H,26,31)(H3,24,25,27,28,29). The minimum atomic E-state index is -0.116. The monoisotopic (exact) mass is 434 g/mol. The second kappa shape index (κ2) is 9.11. The first kappa shape index (κ1) is 21.4. The number of carbonyl (C=O) groups excluding carboxylic acids is 1. The lowest BCUT2D eigenvalue weighted by Gasteiger charge is -2.29. The van der Waals surface area contributed by atoms with E-state index in [9.17, 15) is 10.1 Å². The van der Waals surface area contributed by atoms with Gasteiger partial charge in [-0.1, -0.05) is 0 Å². The summed E-state index contributed by atoms with van der Waals surface area (Å²) in [5.41, 5.74) is 2.16. The number of hydrogen-bond acceptors (Lipinski definition) is 8. The Morgan fingerprint density at radius 1 is 1.31 bits per heavy atom. The number of aromatic amines is 1. The third-order valence-corrected chi connectivity index (χ3v) is 5.65. The Bertz CT molecular complexity index is 1170. The van der Waals surface area contributed by atoms with E-state index in [0.29, 0.717) is 45.4 Å². The van der Waals surface area contributed by atoms with Crippen LogP contribution in [0.1, 0.15) is 28.8 Å². The number of nitrogens with one attached hydrogen (secondary N) is 4. The van der Waals surface area contributed by atoms with Gasteiger partial charge < -0.3 is 30.6 Å². The normalized spacial score (nSPS) is 14.7. The number of fused-ring (bicyclic) bond motifs is 1. The number of ether oxygens (including phenoxy) is 1. The lowest BCUT2D eigenvalue weighted by Crippen LogP contribution is -2.43. The second-order valence-corrected chi connectivity index (χ2v) is 7.77. The highest BCUT2D eigenvalue weighted by Crippen LogP contribution is 2.30. The third-order valence-electron chi connectivity index (χ3n) is 5.65. The average molecular weight is 435 g/mol. The van der Waals surface area contributed by atoms with Crippen LogP contribution in [0.25, 0.3) is 11.0 Å². The number of carbonyl (C=O) groups is 1. The Hall–Kier alpha value is -3.84.